The number of pyridine rings is 1. The molecule has 8 heteroatoms. The summed E-state index contributed by atoms with van der Waals surface area (Å²) in [7, 11) is 0. The highest BCUT2D eigenvalue weighted by Gasteiger charge is 2.25. The SMILES string of the molecule is CCOC(=O)N1CCC(NC(=O)c2ccc(N3CCN(CC)CC3)nc2)CC1. The van der Waals surface area contributed by atoms with Gasteiger partial charge in [-0.25, -0.2) is 9.78 Å². The maximum absolute atomic E-state index is 12.5. The number of hydrogen-bond donors (Lipinski definition) is 1. The fourth-order valence-corrected chi connectivity index (χ4v) is 3.69. The normalized spacial score (nSPS) is 18.8. The molecule has 2 amide bonds. The molecule has 1 N–H and O–H groups in total. The average molecular weight is 390 g/mol. The van der Waals surface area contributed by atoms with Crippen molar-refractivity contribution in [2.45, 2.75) is 32.7 Å². The third-order valence-corrected chi connectivity index (χ3v) is 5.51. The molecular formula is C20H31N5O3. The van der Waals surface area contributed by atoms with Crippen molar-refractivity contribution in [1.29, 1.82) is 0 Å². The maximum atomic E-state index is 12.5. The number of anilines is 1. The Morgan fingerprint density at radius 1 is 1.11 bits per heavy atom. The number of nitrogens with zero attached hydrogens (tertiary/aromatic N) is 4. The first-order valence-corrected chi connectivity index (χ1v) is 10.3. The quantitative estimate of drug-likeness (QED) is 0.824. The van der Waals surface area contributed by atoms with Gasteiger partial charge in [-0.1, -0.05) is 6.92 Å². The number of carbonyl (C=O) groups is 2. The van der Waals surface area contributed by atoms with Crippen LogP contribution in [0.4, 0.5) is 10.6 Å². The number of amides is 2. The Morgan fingerprint density at radius 3 is 2.39 bits per heavy atom. The molecule has 28 heavy (non-hydrogen) atoms. The van der Waals surface area contributed by atoms with Gasteiger partial charge in [0.05, 0.1) is 12.2 Å². The van der Waals surface area contributed by atoms with Gasteiger partial charge in [-0.05, 0) is 38.4 Å². The molecule has 0 spiro atoms. The maximum Gasteiger partial charge on any atom is 0.409 e. The first-order valence-electron chi connectivity index (χ1n) is 10.3. The summed E-state index contributed by atoms with van der Waals surface area (Å²) >= 11 is 0. The molecule has 0 aliphatic carbocycles. The number of rotatable bonds is 5. The van der Waals surface area contributed by atoms with Gasteiger partial charge >= 0.3 is 6.09 Å². The van der Waals surface area contributed by atoms with Gasteiger partial charge in [0.25, 0.3) is 5.91 Å². The van der Waals surface area contributed by atoms with E-state index in [4.69, 9.17) is 4.74 Å². The molecule has 3 heterocycles. The minimum atomic E-state index is -0.271. The van der Waals surface area contributed by atoms with Gasteiger partial charge < -0.3 is 24.8 Å². The van der Waals surface area contributed by atoms with Crippen molar-refractivity contribution >= 4 is 17.8 Å². The number of piperazine rings is 1. The number of ether oxygens (including phenoxy) is 1. The predicted octanol–water partition coefficient (Wildman–Crippen LogP) is 1.57. The Kier molecular flexibility index (Phi) is 7.08. The number of nitrogens with one attached hydrogen (secondary N) is 1. The molecule has 0 atom stereocenters. The van der Waals surface area contributed by atoms with Gasteiger partial charge in [0.1, 0.15) is 5.82 Å². The lowest BCUT2D eigenvalue weighted by Gasteiger charge is -2.34. The summed E-state index contributed by atoms with van der Waals surface area (Å²) in [6, 6.07) is 3.84. The number of carbonyl (C=O) groups excluding carboxylic acids is 2. The van der Waals surface area contributed by atoms with E-state index in [1.807, 2.05) is 12.1 Å². The van der Waals surface area contributed by atoms with Crippen molar-refractivity contribution in [3.05, 3.63) is 23.9 Å². The standard InChI is InChI=1S/C20H31N5O3/c1-3-23-11-13-24(14-12-23)18-6-5-16(15-21-18)19(26)22-17-7-9-25(10-8-17)20(27)28-4-2/h5-6,15,17H,3-4,7-14H2,1-2H3,(H,22,26). The van der Waals surface area contributed by atoms with Crippen molar-refractivity contribution in [1.82, 2.24) is 20.1 Å². The van der Waals surface area contributed by atoms with Crippen LogP contribution in [0.1, 0.15) is 37.0 Å². The summed E-state index contributed by atoms with van der Waals surface area (Å²) in [5.41, 5.74) is 0.573. The molecule has 0 saturated carbocycles. The zero-order valence-electron chi connectivity index (χ0n) is 16.9. The Hall–Kier alpha value is -2.35. The number of likely N-dealkylation sites (tertiary alicyclic amines) is 1. The highest BCUT2D eigenvalue weighted by atomic mass is 16.6. The van der Waals surface area contributed by atoms with E-state index in [-0.39, 0.29) is 18.0 Å². The summed E-state index contributed by atoms with van der Waals surface area (Å²) in [4.78, 5) is 35.2. The molecule has 154 valence electrons. The Bertz CT molecular complexity index is 650. The molecule has 2 aliphatic rings. The molecule has 2 fully saturated rings. The van der Waals surface area contributed by atoms with E-state index in [0.29, 0.717) is 25.3 Å². The summed E-state index contributed by atoms with van der Waals surface area (Å²) in [5.74, 6) is 0.819. The van der Waals surface area contributed by atoms with Crippen LogP contribution in [-0.2, 0) is 4.74 Å². The molecular weight excluding hydrogens is 358 g/mol. The fraction of sp³-hybridized carbons (Fsp3) is 0.650. The van der Waals surface area contributed by atoms with E-state index in [2.05, 4.69) is 27.0 Å². The summed E-state index contributed by atoms with van der Waals surface area (Å²) in [6.07, 6.45) is 2.85. The fourth-order valence-electron chi connectivity index (χ4n) is 3.69. The van der Waals surface area contributed by atoms with E-state index >= 15 is 0 Å². The zero-order valence-corrected chi connectivity index (χ0v) is 16.9. The largest absolute Gasteiger partial charge is 0.450 e. The molecule has 0 bridgehead atoms. The Morgan fingerprint density at radius 2 is 1.82 bits per heavy atom. The smallest absolute Gasteiger partial charge is 0.409 e. The van der Waals surface area contributed by atoms with Gasteiger partial charge in [0, 0.05) is 51.5 Å². The van der Waals surface area contributed by atoms with Crippen molar-refractivity contribution in [2.75, 3.05) is 57.3 Å². The number of likely N-dealkylation sites (N-methyl/N-ethyl adjacent to an activating group) is 1. The van der Waals surface area contributed by atoms with Gasteiger partial charge in [-0.3, -0.25) is 4.79 Å². The summed E-state index contributed by atoms with van der Waals surface area (Å²) in [6.45, 7) is 10.7. The molecule has 0 unspecified atom stereocenters. The lowest BCUT2D eigenvalue weighted by molar-refractivity contribution is 0.0860. The molecule has 2 aliphatic heterocycles. The van der Waals surface area contributed by atoms with E-state index < -0.39 is 0 Å². The van der Waals surface area contributed by atoms with E-state index in [9.17, 15) is 9.59 Å². The molecule has 3 rings (SSSR count). The first kappa shape index (κ1) is 20.4. The number of hydrogen-bond acceptors (Lipinski definition) is 6. The minimum Gasteiger partial charge on any atom is -0.450 e. The lowest BCUT2D eigenvalue weighted by Crippen LogP contribution is -2.47. The van der Waals surface area contributed by atoms with Crippen LogP contribution >= 0.6 is 0 Å². The van der Waals surface area contributed by atoms with Crippen LogP contribution in [0.15, 0.2) is 18.3 Å². The van der Waals surface area contributed by atoms with Crippen molar-refractivity contribution in [3.8, 4) is 0 Å². The highest BCUT2D eigenvalue weighted by molar-refractivity contribution is 5.94. The van der Waals surface area contributed by atoms with E-state index in [0.717, 1.165) is 51.4 Å². The van der Waals surface area contributed by atoms with Crippen molar-refractivity contribution in [3.63, 3.8) is 0 Å². The predicted molar refractivity (Wildman–Crippen MR) is 108 cm³/mol. The molecule has 1 aromatic heterocycles. The van der Waals surface area contributed by atoms with Crippen LogP contribution in [0.25, 0.3) is 0 Å². The van der Waals surface area contributed by atoms with Crippen LogP contribution in [-0.4, -0.2) is 85.2 Å². The van der Waals surface area contributed by atoms with Gasteiger partial charge in [0.15, 0.2) is 0 Å². The second-order valence-electron chi connectivity index (χ2n) is 7.26. The van der Waals surface area contributed by atoms with Crippen LogP contribution in [0.5, 0.6) is 0 Å². The topological polar surface area (TPSA) is 78.0 Å². The third kappa shape index (κ3) is 5.13. The first-order chi connectivity index (χ1) is 13.6. The number of piperidine rings is 1. The molecule has 2 saturated heterocycles. The number of aromatic nitrogens is 1. The molecule has 8 nitrogen and oxygen atoms in total. The Balaban J connectivity index is 1.47. The highest BCUT2D eigenvalue weighted by Crippen LogP contribution is 2.15. The van der Waals surface area contributed by atoms with Gasteiger partial charge in [0.2, 0.25) is 0 Å². The van der Waals surface area contributed by atoms with Crippen LogP contribution < -0.4 is 10.2 Å². The van der Waals surface area contributed by atoms with Crippen LogP contribution in [0.3, 0.4) is 0 Å². The van der Waals surface area contributed by atoms with Crippen molar-refractivity contribution < 1.29 is 14.3 Å². The zero-order chi connectivity index (χ0) is 19.9. The molecule has 0 aromatic carbocycles. The van der Waals surface area contributed by atoms with Crippen LogP contribution in [0.2, 0.25) is 0 Å². The van der Waals surface area contributed by atoms with Crippen LogP contribution in [0, 0.1) is 0 Å². The summed E-state index contributed by atoms with van der Waals surface area (Å²) < 4.78 is 5.03. The third-order valence-electron chi connectivity index (χ3n) is 5.51. The van der Waals surface area contributed by atoms with E-state index in [1.165, 1.54) is 0 Å². The van der Waals surface area contributed by atoms with E-state index in [1.54, 1.807) is 18.0 Å². The summed E-state index contributed by atoms with van der Waals surface area (Å²) in [5, 5.41) is 3.06. The monoisotopic (exact) mass is 389 g/mol. The van der Waals surface area contributed by atoms with Crippen molar-refractivity contribution in [2.24, 2.45) is 0 Å². The van der Waals surface area contributed by atoms with Gasteiger partial charge in [-0.15, -0.1) is 0 Å². The second-order valence-corrected chi connectivity index (χ2v) is 7.26. The minimum absolute atomic E-state index is 0.0694. The average Bonchev–Trinajstić information content (AvgIpc) is 2.74. The lowest BCUT2D eigenvalue weighted by atomic mass is 10.0. The molecule has 0 radical (unpaired) electrons. The second kappa shape index (κ2) is 9.73. The molecule has 1 aromatic rings. The van der Waals surface area contributed by atoms with Gasteiger partial charge in [-0.2, -0.15) is 0 Å². The Labute approximate surface area is 166 Å².